The summed E-state index contributed by atoms with van der Waals surface area (Å²) in [7, 11) is 0. The van der Waals surface area contributed by atoms with Gasteiger partial charge in [0, 0.05) is 43.4 Å². The van der Waals surface area contributed by atoms with E-state index in [1.165, 1.54) is 18.3 Å². The van der Waals surface area contributed by atoms with Crippen LogP contribution in [0.15, 0.2) is 41.8 Å². The number of carbonyl (C=O) groups excluding carboxylic acids is 1. The summed E-state index contributed by atoms with van der Waals surface area (Å²) in [5.74, 6) is -2.91. The van der Waals surface area contributed by atoms with E-state index in [0.717, 1.165) is 0 Å². The first-order chi connectivity index (χ1) is 16.7. The van der Waals surface area contributed by atoms with Gasteiger partial charge < -0.3 is 37.1 Å². The second-order valence-corrected chi connectivity index (χ2v) is 8.01. The molecule has 0 unspecified atom stereocenters. The molecule has 2 heterocycles. The van der Waals surface area contributed by atoms with E-state index < -0.39 is 17.7 Å². The van der Waals surface area contributed by atoms with Crippen LogP contribution in [0.25, 0.3) is 0 Å². The van der Waals surface area contributed by atoms with Crippen molar-refractivity contribution in [2.45, 2.75) is 32.4 Å². The molecule has 13 heteroatoms. The van der Waals surface area contributed by atoms with Crippen molar-refractivity contribution >= 4 is 17.6 Å². The molecule has 0 fully saturated rings. The Bertz CT molecular complexity index is 1110. The topological polar surface area (TPSA) is 161 Å². The maximum Gasteiger partial charge on any atom is 0.322 e. The number of guanidine groups is 1. The summed E-state index contributed by atoms with van der Waals surface area (Å²) in [6, 6.07) is 3.44. The number of halogens is 2. The Morgan fingerprint density at radius 2 is 2.03 bits per heavy atom. The second kappa shape index (κ2) is 11.4. The number of ether oxygens (including phenoxy) is 1. The van der Waals surface area contributed by atoms with Gasteiger partial charge in [0.25, 0.3) is 0 Å². The van der Waals surface area contributed by atoms with Crippen LogP contribution in [0.2, 0.25) is 0 Å². The molecule has 0 radical (unpaired) electrons. The lowest BCUT2D eigenvalue weighted by Crippen LogP contribution is -2.46. The maximum atomic E-state index is 14.8. The molecule has 1 aromatic carbocycles. The van der Waals surface area contributed by atoms with Gasteiger partial charge in [0.1, 0.15) is 0 Å². The van der Waals surface area contributed by atoms with Gasteiger partial charge in [0.15, 0.2) is 17.5 Å². The molecule has 188 valence electrons. The van der Waals surface area contributed by atoms with Crippen molar-refractivity contribution in [1.82, 2.24) is 20.2 Å². The van der Waals surface area contributed by atoms with E-state index in [1.54, 1.807) is 30.3 Å². The van der Waals surface area contributed by atoms with Crippen molar-refractivity contribution in [3.8, 4) is 11.8 Å². The van der Waals surface area contributed by atoms with Crippen LogP contribution in [-0.4, -0.2) is 58.6 Å². The fraction of sp³-hybridized carbons (Fsp3) is 0.364. The van der Waals surface area contributed by atoms with Crippen molar-refractivity contribution in [2.75, 3.05) is 24.7 Å². The predicted octanol–water partition coefficient (Wildman–Crippen LogP) is 0.902. The fourth-order valence-corrected chi connectivity index (χ4v) is 3.24. The summed E-state index contributed by atoms with van der Waals surface area (Å²) in [5.41, 5.74) is 17.0. The molecule has 1 aliphatic rings. The van der Waals surface area contributed by atoms with E-state index in [1.807, 2.05) is 11.8 Å². The molecular formula is C22H29F2N9O2. The lowest BCUT2D eigenvalue weighted by atomic mass is 10.2. The highest BCUT2D eigenvalue weighted by Gasteiger charge is 2.25. The molecule has 35 heavy (non-hydrogen) atoms. The van der Waals surface area contributed by atoms with Crippen molar-refractivity contribution in [3.63, 3.8) is 0 Å². The number of benzene rings is 1. The number of nitrogens with zero attached hydrogens (tertiary/aromatic N) is 5. The smallest absolute Gasteiger partial charge is 0.322 e. The summed E-state index contributed by atoms with van der Waals surface area (Å²) in [6.07, 6.45) is 5.13. The van der Waals surface area contributed by atoms with E-state index in [4.69, 9.17) is 21.9 Å². The molecule has 1 aromatic heterocycles. The van der Waals surface area contributed by atoms with Crippen LogP contribution in [0, 0.1) is 18.6 Å². The number of rotatable bonds is 10. The molecule has 0 aliphatic carbocycles. The lowest BCUT2D eigenvalue weighted by Gasteiger charge is -2.27. The van der Waals surface area contributed by atoms with Crippen LogP contribution in [0.1, 0.15) is 19.0 Å². The number of hydrogen-bond acceptors (Lipinski definition) is 8. The molecule has 0 saturated carbocycles. The first-order valence-corrected chi connectivity index (χ1v) is 10.9. The largest absolute Gasteiger partial charge is 0.421 e. The molecule has 0 spiro atoms. The highest BCUT2D eigenvalue weighted by molar-refractivity contribution is 5.81. The summed E-state index contributed by atoms with van der Waals surface area (Å²) in [4.78, 5) is 27.3. The Morgan fingerprint density at radius 1 is 1.26 bits per heavy atom. The minimum Gasteiger partial charge on any atom is -0.421 e. The molecule has 1 amide bonds. The number of aromatic nitrogens is 2. The van der Waals surface area contributed by atoms with E-state index >= 15 is 0 Å². The number of amides is 1. The molecule has 7 N–H and O–H groups in total. The monoisotopic (exact) mass is 489 g/mol. The van der Waals surface area contributed by atoms with Crippen molar-refractivity contribution in [1.29, 1.82) is 0 Å². The second-order valence-electron chi connectivity index (χ2n) is 8.01. The van der Waals surface area contributed by atoms with Crippen molar-refractivity contribution < 1.29 is 18.3 Å². The molecule has 2 aromatic rings. The summed E-state index contributed by atoms with van der Waals surface area (Å²) in [6.45, 7) is 4.42. The highest BCUT2D eigenvalue weighted by atomic mass is 19.2. The zero-order valence-corrected chi connectivity index (χ0v) is 19.5. The lowest BCUT2D eigenvalue weighted by molar-refractivity contribution is -0.122. The average Bonchev–Trinajstić information content (AvgIpc) is 3.30. The normalized spacial score (nSPS) is 14.5. The summed E-state index contributed by atoms with van der Waals surface area (Å²) in [5, 5.41) is 2.78. The molecule has 0 bridgehead atoms. The zero-order chi connectivity index (χ0) is 25.5. The van der Waals surface area contributed by atoms with Crippen molar-refractivity contribution in [3.05, 3.63) is 54.1 Å². The quantitative estimate of drug-likeness (QED) is 0.281. The van der Waals surface area contributed by atoms with Gasteiger partial charge in [-0.2, -0.15) is 4.39 Å². The average molecular weight is 490 g/mol. The summed E-state index contributed by atoms with van der Waals surface area (Å²) < 4.78 is 34.8. The van der Waals surface area contributed by atoms with Crippen LogP contribution in [-0.2, 0) is 4.79 Å². The van der Waals surface area contributed by atoms with E-state index in [2.05, 4.69) is 20.3 Å². The fourth-order valence-electron chi connectivity index (χ4n) is 3.24. The number of nitrogens with two attached hydrogens (primary N) is 3. The Kier molecular flexibility index (Phi) is 8.36. The van der Waals surface area contributed by atoms with E-state index in [-0.39, 0.29) is 48.6 Å². The van der Waals surface area contributed by atoms with Crippen LogP contribution in [0.5, 0.6) is 11.8 Å². The third-order valence-corrected chi connectivity index (χ3v) is 5.27. The Hall–Kier alpha value is -4.00. The molecular weight excluding hydrogens is 460 g/mol. The van der Waals surface area contributed by atoms with Gasteiger partial charge in [0.2, 0.25) is 11.7 Å². The Balaban J connectivity index is 1.55. The van der Waals surface area contributed by atoms with Gasteiger partial charge in [-0.15, -0.1) is 0 Å². The number of hydrogen-bond donors (Lipinski definition) is 4. The van der Waals surface area contributed by atoms with Gasteiger partial charge in [-0.05, 0) is 38.5 Å². The minimum absolute atomic E-state index is 0.0387. The SMILES string of the molecule is Cc1ccnc(Oc2ccc(N3C=CN([C@@H](C)CNC(=O)[C@@H](N)CCN=C(N)N)C3)c(F)c2F)n1. The van der Waals surface area contributed by atoms with Crippen LogP contribution < -0.4 is 32.2 Å². The van der Waals surface area contributed by atoms with Gasteiger partial charge >= 0.3 is 6.01 Å². The van der Waals surface area contributed by atoms with E-state index in [9.17, 15) is 13.6 Å². The van der Waals surface area contributed by atoms with Crippen LogP contribution in [0.4, 0.5) is 14.5 Å². The predicted molar refractivity (Wildman–Crippen MR) is 127 cm³/mol. The van der Waals surface area contributed by atoms with Gasteiger partial charge in [-0.25, -0.2) is 14.4 Å². The first-order valence-electron chi connectivity index (χ1n) is 10.9. The number of nitrogens with one attached hydrogen (secondary N) is 1. The number of aryl methyl sites for hydroxylation is 1. The number of aliphatic imine (C=N–C) groups is 1. The van der Waals surface area contributed by atoms with Crippen LogP contribution in [0.3, 0.4) is 0 Å². The minimum atomic E-state index is -1.14. The zero-order valence-electron chi connectivity index (χ0n) is 19.5. The third kappa shape index (κ3) is 6.76. The summed E-state index contributed by atoms with van der Waals surface area (Å²) >= 11 is 0. The van der Waals surface area contributed by atoms with Crippen molar-refractivity contribution in [2.24, 2.45) is 22.2 Å². The number of carbonyl (C=O) groups is 1. The van der Waals surface area contributed by atoms with Crippen LogP contribution >= 0.6 is 0 Å². The highest BCUT2D eigenvalue weighted by Crippen LogP contribution is 2.32. The first kappa shape index (κ1) is 25.6. The van der Waals surface area contributed by atoms with Gasteiger partial charge in [-0.3, -0.25) is 9.79 Å². The van der Waals surface area contributed by atoms with Gasteiger partial charge in [-0.1, -0.05) is 0 Å². The van der Waals surface area contributed by atoms with E-state index in [0.29, 0.717) is 18.7 Å². The standard InChI is InChI=1S/C22H29F2N9O2/c1-13-5-7-29-22(31-13)35-17-4-3-16(18(23)19(17)24)33-10-9-32(12-33)14(2)11-30-20(34)15(25)6-8-28-21(26)27/h3-5,7,9-10,14-15H,6,8,11-12,25H2,1-2H3,(H,30,34)(H4,26,27,28)/t14-,15-/m0/s1. The Morgan fingerprint density at radius 3 is 2.74 bits per heavy atom. The molecule has 11 nitrogen and oxygen atoms in total. The Labute approximate surface area is 201 Å². The maximum absolute atomic E-state index is 14.8. The number of anilines is 1. The molecule has 3 rings (SSSR count). The third-order valence-electron chi connectivity index (χ3n) is 5.27. The van der Waals surface area contributed by atoms with Gasteiger partial charge in [0.05, 0.1) is 18.4 Å². The molecule has 0 saturated heterocycles. The molecule has 1 aliphatic heterocycles. The molecule has 2 atom stereocenters.